The molecule has 1 amide bonds. The highest BCUT2D eigenvalue weighted by Gasteiger charge is 2.32. The third-order valence-corrected chi connectivity index (χ3v) is 5.32. The van der Waals surface area contributed by atoms with Gasteiger partial charge in [-0.2, -0.15) is 0 Å². The summed E-state index contributed by atoms with van der Waals surface area (Å²) in [6.07, 6.45) is 4.01. The minimum atomic E-state index is -3.53. The number of likely N-dealkylation sites (tertiary alicyclic amines) is 1. The van der Waals surface area contributed by atoms with Gasteiger partial charge in [-0.25, -0.2) is 8.42 Å². The Balaban J connectivity index is 2.30. The van der Waals surface area contributed by atoms with E-state index in [0.717, 1.165) is 44.2 Å². The van der Waals surface area contributed by atoms with Crippen LogP contribution in [0.5, 0.6) is 0 Å². The number of benzene rings is 1. The lowest BCUT2D eigenvalue weighted by atomic mass is 10.1. The molecule has 2 rings (SSSR count). The first-order chi connectivity index (χ1) is 10.3. The molecule has 0 aromatic heterocycles. The highest BCUT2D eigenvalue weighted by Crippen LogP contribution is 2.23. The number of rotatable bonds is 5. The van der Waals surface area contributed by atoms with E-state index in [2.05, 4.69) is 0 Å². The van der Waals surface area contributed by atoms with Gasteiger partial charge in [-0.1, -0.05) is 19.1 Å². The zero-order valence-electron chi connectivity index (χ0n) is 13.4. The Hall–Kier alpha value is -1.56. The van der Waals surface area contributed by atoms with Gasteiger partial charge in [0.1, 0.15) is 6.04 Å². The van der Waals surface area contributed by atoms with Gasteiger partial charge in [0.25, 0.3) is 0 Å². The standard InChI is InChI=1S/C16H24N2O3S/c1-4-14-7-9-15(10-8-14)18(22(3,20)21)13(2)16(19)17-11-5-6-12-17/h7-10,13H,4-6,11-12H2,1-3H3/t13-/m1/s1. The fourth-order valence-electron chi connectivity index (χ4n) is 2.88. The third-order valence-electron chi connectivity index (χ3n) is 4.08. The van der Waals surface area contributed by atoms with Crippen LogP contribution in [0.2, 0.25) is 0 Å². The molecule has 122 valence electrons. The Kier molecular flexibility index (Phi) is 5.11. The van der Waals surface area contributed by atoms with Gasteiger partial charge in [0.05, 0.1) is 11.9 Å². The van der Waals surface area contributed by atoms with Crippen LogP contribution in [0.25, 0.3) is 0 Å². The summed E-state index contributed by atoms with van der Waals surface area (Å²) in [6, 6.07) is 6.63. The van der Waals surface area contributed by atoms with Gasteiger partial charge >= 0.3 is 0 Å². The molecule has 0 radical (unpaired) electrons. The van der Waals surface area contributed by atoms with Gasteiger partial charge in [-0.15, -0.1) is 0 Å². The summed E-state index contributed by atoms with van der Waals surface area (Å²) < 4.78 is 25.6. The number of hydrogen-bond donors (Lipinski definition) is 0. The molecule has 6 heteroatoms. The predicted molar refractivity (Wildman–Crippen MR) is 88.4 cm³/mol. The average Bonchev–Trinajstić information content (AvgIpc) is 3.00. The maximum absolute atomic E-state index is 12.5. The second-order valence-corrected chi connectivity index (χ2v) is 7.65. The van der Waals surface area contributed by atoms with Crippen LogP contribution in [0.1, 0.15) is 32.3 Å². The first kappa shape index (κ1) is 16.8. The van der Waals surface area contributed by atoms with Crippen LogP contribution in [0.4, 0.5) is 5.69 Å². The molecule has 5 nitrogen and oxygen atoms in total. The largest absolute Gasteiger partial charge is 0.341 e. The van der Waals surface area contributed by atoms with Gasteiger partial charge < -0.3 is 4.90 Å². The molecular weight excluding hydrogens is 300 g/mol. The lowest BCUT2D eigenvalue weighted by Crippen LogP contribution is -2.48. The van der Waals surface area contributed by atoms with E-state index >= 15 is 0 Å². The van der Waals surface area contributed by atoms with Gasteiger partial charge in [0.15, 0.2) is 0 Å². The van der Waals surface area contributed by atoms with Crippen molar-refractivity contribution in [2.75, 3.05) is 23.7 Å². The second-order valence-electron chi connectivity index (χ2n) is 5.79. The number of amides is 1. The maximum Gasteiger partial charge on any atom is 0.246 e. The van der Waals surface area contributed by atoms with Gasteiger partial charge in [0.2, 0.25) is 15.9 Å². The minimum absolute atomic E-state index is 0.123. The van der Waals surface area contributed by atoms with Crippen LogP contribution in [0.15, 0.2) is 24.3 Å². The summed E-state index contributed by atoms with van der Waals surface area (Å²) in [5, 5.41) is 0. The van der Waals surface area contributed by atoms with Crippen molar-refractivity contribution in [2.24, 2.45) is 0 Å². The lowest BCUT2D eigenvalue weighted by Gasteiger charge is -2.31. The lowest BCUT2D eigenvalue weighted by molar-refractivity contribution is -0.130. The molecule has 0 aliphatic carbocycles. The van der Waals surface area contributed by atoms with E-state index in [1.807, 2.05) is 19.1 Å². The number of sulfonamides is 1. The van der Waals surface area contributed by atoms with Gasteiger partial charge in [-0.05, 0) is 43.9 Å². The molecular formula is C16H24N2O3S. The van der Waals surface area contributed by atoms with Gasteiger partial charge in [-0.3, -0.25) is 9.10 Å². The van der Waals surface area contributed by atoms with Crippen LogP contribution < -0.4 is 4.31 Å². The van der Waals surface area contributed by atoms with Crippen molar-refractivity contribution in [2.45, 2.75) is 39.2 Å². The summed E-state index contributed by atoms with van der Waals surface area (Å²) in [7, 11) is -3.53. The molecule has 1 fully saturated rings. The Labute approximate surface area is 133 Å². The predicted octanol–water partition coefficient (Wildman–Crippen LogP) is 2.03. The van der Waals surface area contributed by atoms with Crippen LogP contribution >= 0.6 is 0 Å². The van der Waals surface area contributed by atoms with Crippen LogP contribution in [-0.2, 0) is 21.2 Å². The van der Waals surface area contributed by atoms with Crippen LogP contribution in [0.3, 0.4) is 0 Å². The zero-order chi connectivity index (χ0) is 16.3. The molecule has 1 aliphatic heterocycles. The minimum Gasteiger partial charge on any atom is -0.341 e. The molecule has 1 aromatic rings. The van der Waals surface area contributed by atoms with Crippen molar-refractivity contribution in [3.8, 4) is 0 Å². The van der Waals surface area contributed by atoms with Crippen molar-refractivity contribution in [3.63, 3.8) is 0 Å². The molecule has 0 unspecified atom stereocenters. The van der Waals surface area contributed by atoms with E-state index in [1.165, 1.54) is 4.31 Å². The maximum atomic E-state index is 12.5. The molecule has 1 atom stereocenters. The summed E-state index contributed by atoms with van der Waals surface area (Å²) in [5.41, 5.74) is 1.68. The monoisotopic (exact) mass is 324 g/mol. The number of carbonyl (C=O) groups excluding carboxylic acids is 1. The fraction of sp³-hybridized carbons (Fsp3) is 0.562. The molecule has 22 heavy (non-hydrogen) atoms. The van der Waals surface area contributed by atoms with Crippen molar-refractivity contribution < 1.29 is 13.2 Å². The number of nitrogens with zero attached hydrogens (tertiary/aromatic N) is 2. The van der Waals surface area contributed by atoms with Crippen LogP contribution in [-0.4, -0.2) is 44.6 Å². The zero-order valence-corrected chi connectivity index (χ0v) is 14.3. The third kappa shape index (κ3) is 3.61. The number of anilines is 1. The second kappa shape index (κ2) is 6.69. The molecule has 0 bridgehead atoms. The quantitative estimate of drug-likeness (QED) is 0.833. The summed E-state index contributed by atoms with van der Waals surface area (Å²) >= 11 is 0. The number of carbonyl (C=O) groups is 1. The van der Waals surface area contributed by atoms with Crippen molar-refractivity contribution in [1.29, 1.82) is 0 Å². The number of aryl methyl sites for hydroxylation is 1. The van der Waals surface area contributed by atoms with Crippen molar-refractivity contribution in [3.05, 3.63) is 29.8 Å². The Morgan fingerprint density at radius 3 is 2.23 bits per heavy atom. The van der Waals surface area contributed by atoms with E-state index < -0.39 is 16.1 Å². The highest BCUT2D eigenvalue weighted by molar-refractivity contribution is 7.92. The summed E-state index contributed by atoms with van der Waals surface area (Å²) in [4.78, 5) is 14.3. The van der Waals surface area contributed by atoms with E-state index in [4.69, 9.17) is 0 Å². The van der Waals surface area contributed by atoms with Crippen molar-refractivity contribution in [1.82, 2.24) is 4.90 Å². The van der Waals surface area contributed by atoms with E-state index in [-0.39, 0.29) is 5.91 Å². The highest BCUT2D eigenvalue weighted by atomic mass is 32.2. The Bertz CT molecular complexity index is 619. The molecule has 1 aromatic carbocycles. The first-order valence-electron chi connectivity index (χ1n) is 7.71. The summed E-state index contributed by atoms with van der Waals surface area (Å²) in [6.45, 7) is 5.14. The molecule has 0 N–H and O–H groups in total. The molecule has 0 spiro atoms. The average molecular weight is 324 g/mol. The normalized spacial score (nSPS) is 16.6. The molecule has 1 heterocycles. The van der Waals surface area contributed by atoms with E-state index in [9.17, 15) is 13.2 Å². The Morgan fingerprint density at radius 1 is 1.23 bits per heavy atom. The SMILES string of the molecule is CCc1ccc(N([C@H](C)C(=O)N2CCCC2)S(C)(=O)=O)cc1. The van der Waals surface area contributed by atoms with E-state index in [1.54, 1.807) is 24.0 Å². The topological polar surface area (TPSA) is 57.7 Å². The molecule has 1 saturated heterocycles. The smallest absolute Gasteiger partial charge is 0.246 e. The molecule has 0 saturated carbocycles. The first-order valence-corrected chi connectivity index (χ1v) is 9.56. The number of hydrogen-bond acceptors (Lipinski definition) is 3. The van der Waals surface area contributed by atoms with Gasteiger partial charge in [0, 0.05) is 13.1 Å². The van der Waals surface area contributed by atoms with Crippen molar-refractivity contribution >= 4 is 21.6 Å². The fourth-order valence-corrected chi connectivity index (χ4v) is 4.05. The summed E-state index contributed by atoms with van der Waals surface area (Å²) in [5.74, 6) is -0.123. The van der Waals surface area contributed by atoms with Crippen LogP contribution in [0, 0.1) is 0 Å². The van der Waals surface area contributed by atoms with E-state index in [0.29, 0.717) is 5.69 Å². The Morgan fingerprint density at radius 2 is 1.77 bits per heavy atom. The molecule has 1 aliphatic rings.